The van der Waals surface area contributed by atoms with Gasteiger partial charge in [0.2, 0.25) is 0 Å². The molecule has 3 rings (SSSR count). The number of nitro benzene ring substituents is 1. The van der Waals surface area contributed by atoms with Crippen LogP contribution in [0, 0.1) is 10.1 Å². The maximum absolute atomic E-state index is 11.3. The summed E-state index contributed by atoms with van der Waals surface area (Å²) in [4.78, 5) is 17.1. The van der Waals surface area contributed by atoms with Gasteiger partial charge in [-0.1, -0.05) is 6.07 Å². The van der Waals surface area contributed by atoms with Gasteiger partial charge in [-0.25, -0.2) is 4.98 Å². The molecule has 2 heterocycles. The lowest BCUT2D eigenvalue weighted by atomic mass is 10.1. The Morgan fingerprint density at radius 1 is 1.43 bits per heavy atom. The quantitative estimate of drug-likeness (QED) is 0.688. The van der Waals surface area contributed by atoms with Crippen LogP contribution in [-0.4, -0.2) is 26.1 Å². The first kappa shape index (κ1) is 13.6. The van der Waals surface area contributed by atoms with Gasteiger partial charge in [0.05, 0.1) is 17.6 Å². The van der Waals surface area contributed by atoms with E-state index >= 15 is 0 Å². The molecule has 0 saturated heterocycles. The number of benzene rings is 1. The highest BCUT2D eigenvalue weighted by atomic mass is 16.6. The zero-order chi connectivity index (χ0) is 15.0. The molecule has 0 saturated carbocycles. The third kappa shape index (κ3) is 2.47. The minimum atomic E-state index is -0.724. The number of aliphatic hydroxyl groups is 1. The smallest absolute Gasteiger partial charge is 0.292 e. The lowest BCUT2D eigenvalue weighted by Crippen LogP contribution is -2.34. The molecule has 1 unspecified atom stereocenters. The van der Waals surface area contributed by atoms with Crippen LogP contribution in [0.2, 0.25) is 0 Å². The standard InChI is InChI=1S/C14H16N4O3/c1-10(19)11-2-3-12(13(8-11)18(20)21)17-7-6-16-5-4-15-14(16)9-17/h2-5,8,10,19H,6-7,9H2,1H3. The largest absolute Gasteiger partial charge is 0.389 e. The Balaban J connectivity index is 1.97. The Labute approximate surface area is 121 Å². The van der Waals surface area contributed by atoms with E-state index in [0.29, 0.717) is 24.3 Å². The van der Waals surface area contributed by atoms with Crippen molar-refractivity contribution in [3.63, 3.8) is 0 Å². The molecule has 0 amide bonds. The molecule has 7 heteroatoms. The third-order valence-corrected chi connectivity index (χ3v) is 3.76. The van der Waals surface area contributed by atoms with E-state index in [9.17, 15) is 15.2 Å². The minimum absolute atomic E-state index is 0.0217. The first-order valence-corrected chi connectivity index (χ1v) is 6.77. The number of nitro groups is 1. The Morgan fingerprint density at radius 2 is 2.24 bits per heavy atom. The highest BCUT2D eigenvalue weighted by molar-refractivity contribution is 5.64. The van der Waals surface area contributed by atoms with Gasteiger partial charge in [-0.3, -0.25) is 10.1 Å². The second-order valence-corrected chi connectivity index (χ2v) is 5.14. The number of hydrogen-bond donors (Lipinski definition) is 1. The number of aromatic nitrogens is 2. The Kier molecular flexibility index (Phi) is 3.34. The maximum Gasteiger partial charge on any atom is 0.292 e. The average Bonchev–Trinajstić information content (AvgIpc) is 2.93. The van der Waals surface area contributed by atoms with Crippen molar-refractivity contribution in [1.82, 2.24) is 9.55 Å². The van der Waals surface area contributed by atoms with E-state index in [2.05, 4.69) is 4.98 Å². The number of hydrogen-bond acceptors (Lipinski definition) is 5. The predicted molar refractivity (Wildman–Crippen MR) is 77.0 cm³/mol. The highest BCUT2D eigenvalue weighted by Gasteiger charge is 2.24. The molecule has 1 aromatic heterocycles. The minimum Gasteiger partial charge on any atom is -0.389 e. The number of rotatable bonds is 3. The lowest BCUT2D eigenvalue weighted by Gasteiger charge is -2.29. The van der Waals surface area contributed by atoms with E-state index in [1.54, 1.807) is 25.3 Å². The molecule has 1 atom stereocenters. The Hall–Kier alpha value is -2.41. The molecule has 0 fully saturated rings. The maximum atomic E-state index is 11.3. The Morgan fingerprint density at radius 3 is 2.95 bits per heavy atom. The first-order chi connectivity index (χ1) is 10.1. The molecule has 21 heavy (non-hydrogen) atoms. The van der Waals surface area contributed by atoms with Crippen LogP contribution in [0.4, 0.5) is 11.4 Å². The van der Waals surface area contributed by atoms with Gasteiger partial charge in [0.1, 0.15) is 11.5 Å². The SMILES string of the molecule is CC(O)c1ccc(N2CCn3ccnc3C2)c([N+](=O)[O-])c1. The van der Waals surface area contributed by atoms with E-state index in [-0.39, 0.29) is 5.69 Å². The fourth-order valence-corrected chi connectivity index (χ4v) is 2.59. The van der Waals surface area contributed by atoms with E-state index in [0.717, 1.165) is 12.4 Å². The molecular weight excluding hydrogens is 272 g/mol. The van der Waals surface area contributed by atoms with Gasteiger partial charge in [-0.05, 0) is 18.6 Å². The second kappa shape index (κ2) is 5.17. The summed E-state index contributed by atoms with van der Waals surface area (Å²) < 4.78 is 2.05. The van der Waals surface area contributed by atoms with Crippen LogP contribution in [0.3, 0.4) is 0 Å². The summed E-state index contributed by atoms with van der Waals surface area (Å²) in [5.74, 6) is 0.898. The number of anilines is 1. The third-order valence-electron chi connectivity index (χ3n) is 3.76. The molecule has 0 aliphatic carbocycles. The van der Waals surface area contributed by atoms with Crippen molar-refractivity contribution >= 4 is 11.4 Å². The van der Waals surface area contributed by atoms with Crippen molar-refractivity contribution in [3.05, 3.63) is 52.1 Å². The van der Waals surface area contributed by atoms with Crippen LogP contribution >= 0.6 is 0 Å². The molecular formula is C14H16N4O3. The number of imidazole rings is 1. The molecule has 1 N–H and O–H groups in total. The normalized spacial score (nSPS) is 15.6. The predicted octanol–water partition coefficient (Wildman–Crippen LogP) is 1.86. The van der Waals surface area contributed by atoms with Crippen LogP contribution in [0.5, 0.6) is 0 Å². The summed E-state index contributed by atoms with van der Waals surface area (Å²) >= 11 is 0. The fraction of sp³-hybridized carbons (Fsp3) is 0.357. The zero-order valence-electron chi connectivity index (χ0n) is 11.6. The lowest BCUT2D eigenvalue weighted by molar-refractivity contribution is -0.384. The molecule has 7 nitrogen and oxygen atoms in total. The number of aliphatic hydroxyl groups excluding tert-OH is 1. The van der Waals surface area contributed by atoms with Crippen LogP contribution in [0.25, 0.3) is 0 Å². The van der Waals surface area contributed by atoms with Crippen molar-refractivity contribution in [2.45, 2.75) is 26.1 Å². The van der Waals surface area contributed by atoms with Gasteiger partial charge in [0.25, 0.3) is 5.69 Å². The van der Waals surface area contributed by atoms with Crippen LogP contribution in [0.15, 0.2) is 30.6 Å². The Bertz CT molecular complexity index is 681. The molecule has 1 aliphatic heterocycles. The summed E-state index contributed by atoms with van der Waals surface area (Å²) in [7, 11) is 0. The molecule has 0 spiro atoms. The van der Waals surface area contributed by atoms with E-state index in [4.69, 9.17) is 0 Å². The number of fused-ring (bicyclic) bond motifs is 1. The summed E-state index contributed by atoms with van der Waals surface area (Å²) in [6.45, 7) is 3.58. The van der Waals surface area contributed by atoms with E-state index in [1.807, 2.05) is 15.7 Å². The topological polar surface area (TPSA) is 84.4 Å². The molecule has 2 aromatic rings. The van der Waals surface area contributed by atoms with Crippen molar-refractivity contribution < 1.29 is 10.0 Å². The van der Waals surface area contributed by atoms with Crippen molar-refractivity contribution in [2.75, 3.05) is 11.4 Å². The summed E-state index contributed by atoms with van der Waals surface area (Å²) in [6, 6.07) is 4.88. The molecule has 1 aliphatic rings. The van der Waals surface area contributed by atoms with Crippen molar-refractivity contribution in [3.8, 4) is 0 Å². The molecule has 1 aromatic carbocycles. The van der Waals surface area contributed by atoms with Gasteiger partial charge >= 0.3 is 0 Å². The summed E-state index contributed by atoms with van der Waals surface area (Å²) in [5, 5.41) is 20.9. The van der Waals surface area contributed by atoms with E-state index in [1.165, 1.54) is 6.07 Å². The fourth-order valence-electron chi connectivity index (χ4n) is 2.59. The zero-order valence-corrected chi connectivity index (χ0v) is 11.6. The molecule has 110 valence electrons. The van der Waals surface area contributed by atoms with Crippen LogP contribution in [0.1, 0.15) is 24.4 Å². The second-order valence-electron chi connectivity index (χ2n) is 5.14. The van der Waals surface area contributed by atoms with Crippen molar-refractivity contribution in [2.24, 2.45) is 0 Å². The number of nitrogens with zero attached hydrogens (tertiary/aromatic N) is 4. The van der Waals surface area contributed by atoms with Gasteiger partial charge in [0, 0.05) is 31.5 Å². The van der Waals surface area contributed by atoms with Gasteiger partial charge in [-0.15, -0.1) is 0 Å². The van der Waals surface area contributed by atoms with Gasteiger partial charge < -0.3 is 14.6 Å². The monoisotopic (exact) mass is 288 g/mol. The average molecular weight is 288 g/mol. The van der Waals surface area contributed by atoms with Gasteiger partial charge in [0.15, 0.2) is 0 Å². The molecule has 0 bridgehead atoms. The van der Waals surface area contributed by atoms with Crippen LogP contribution < -0.4 is 4.90 Å². The van der Waals surface area contributed by atoms with E-state index < -0.39 is 11.0 Å². The van der Waals surface area contributed by atoms with Crippen LogP contribution in [-0.2, 0) is 13.1 Å². The summed E-state index contributed by atoms with van der Waals surface area (Å²) in [5.41, 5.74) is 1.14. The van der Waals surface area contributed by atoms with Crippen molar-refractivity contribution in [1.29, 1.82) is 0 Å². The highest BCUT2D eigenvalue weighted by Crippen LogP contribution is 2.32. The van der Waals surface area contributed by atoms with Gasteiger partial charge in [-0.2, -0.15) is 0 Å². The summed E-state index contributed by atoms with van der Waals surface area (Å²) in [6.07, 6.45) is 2.93. The first-order valence-electron chi connectivity index (χ1n) is 6.77. The molecule has 0 radical (unpaired) electrons.